The number of nitrogens with zero attached hydrogens (tertiary/aromatic N) is 2. The number of anilines is 2. The van der Waals surface area contributed by atoms with Crippen LogP contribution in [0.5, 0.6) is 0 Å². The van der Waals surface area contributed by atoms with Crippen molar-refractivity contribution < 1.29 is 4.42 Å². The van der Waals surface area contributed by atoms with Crippen LogP contribution in [-0.4, -0.2) is 9.13 Å². The molecule has 0 aliphatic heterocycles. The zero-order valence-electron chi connectivity index (χ0n) is 10.2. The standard InChI is InChI=1S/C12H14N4O3/c1-2-5-15-11(17)9(13)10(14)16(12(15)18)7-8-4-3-6-19-8/h2-4,6H,1,5,7,13-14H2. The predicted octanol–water partition coefficient (Wildman–Crippen LogP) is 0.00170. The lowest BCUT2D eigenvalue weighted by molar-refractivity contribution is 0.483. The molecule has 2 rings (SSSR count). The first-order chi connectivity index (χ1) is 9.06. The van der Waals surface area contributed by atoms with Crippen LogP contribution in [0.15, 0.2) is 45.1 Å². The molecule has 0 aromatic carbocycles. The Morgan fingerprint density at radius 2 is 2.05 bits per heavy atom. The van der Waals surface area contributed by atoms with Crippen LogP contribution in [0.1, 0.15) is 5.76 Å². The molecule has 0 bridgehead atoms. The van der Waals surface area contributed by atoms with Crippen molar-refractivity contribution in [1.29, 1.82) is 0 Å². The van der Waals surface area contributed by atoms with Crippen LogP contribution in [0.25, 0.3) is 0 Å². The molecule has 0 atom stereocenters. The Balaban J connectivity index is 2.63. The van der Waals surface area contributed by atoms with Crippen LogP contribution in [0, 0.1) is 0 Å². The Hall–Kier alpha value is -2.70. The van der Waals surface area contributed by atoms with Gasteiger partial charge in [-0.2, -0.15) is 0 Å². The minimum absolute atomic E-state index is 0.0632. The molecule has 0 fully saturated rings. The lowest BCUT2D eigenvalue weighted by atomic mass is 10.4. The molecule has 2 heterocycles. The molecule has 0 amide bonds. The monoisotopic (exact) mass is 262 g/mol. The number of allylic oxidation sites excluding steroid dienone is 1. The topological polar surface area (TPSA) is 109 Å². The summed E-state index contributed by atoms with van der Waals surface area (Å²) in [4.78, 5) is 24.0. The van der Waals surface area contributed by atoms with Gasteiger partial charge in [-0.1, -0.05) is 6.08 Å². The number of hydrogen-bond acceptors (Lipinski definition) is 5. The van der Waals surface area contributed by atoms with Crippen LogP contribution in [-0.2, 0) is 13.1 Å². The van der Waals surface area contributed by atoms with Crippen molar-refractivity contribution in [2.75, 3.05) is 11.5 Å². The zero-order chi connectivity index (χ0) is 14.0. The summed E-state index contributed by atoms with van der Waals surface area (Å²) >= 11 is 0. The van der Waals surface area contributed by atoms with E-state index in [4.69, 9.17) is 15.9 Å². The zero-order valence-corrected chi connectivity index (χ0v) is 10.2. The summed E-state index contributed by atoms with van der Waals surface area (Å²) < 4.78 is 7.32. The van der Waals surface area contributed by atoms with E-state index in [1.54, 1.807) is 12.1 Å². The Bertz CT molecular complexity index is 710. The molecular weight excluding hydrogens is 248 g/mol. The number of hydrogen-bond donors (Lipinski definition) is 2. The minimum atomic E-state index is -0.613. The summed E-state index contributed by atoms with van der Waals surface area (Å²) in [6.07, 6.45) is 2.93. The fourth-order valence-corrected chi connectivity index (χ4v) is 1.74. The first-order valence-electron chi connectivity index (χ1n) is 5.58. The van der Waals surface area contributed by atoms with Crippen molar-refractivity contribution >= 4 is 11.5 Å². The van der Waals surface area contributed by atoms with Gasteiger partial charge in [-0.05, 0) is 12.1 Å². The van der Waals surface area contributed by atoms with Crippen molar-refractivity contribution in [2.24, 2.45) is 0 Å². The first-order valence-corrected chi connectivity index (χ1v) is 5.58. The molecule has 0 unspecified atom stereocenters. The highest BCUT2D eigenvalue weighted by molar-refractivity contribution is 5.56. The van der Waals surface area contributed by atoms with E-state index in [-0.39, 0.29) is 24.6 Å². The van der Waals surface area contributed by atoms with Crippen molar-refractivity contribution in [1.82, 2.24) is 9.13 Å². The van der Waals surface area contributed by atoms with E-state index in [1.165, 1.54) is 16.9 Å². The molecule has 0 spiro atoms. The molecule has 100 valence electrons. The highest BCUT2D eigenvalue weighted by Gasteiger charge is 2.15. The highest BCUT2D eigenvalue weighted by atomic mass is 16.3. The summed E-state index contributed by atoms with van der Waals surface area (Å²) in [5.41, 5.74) is 10.0. The summed E-state index contributed by atoms with van der Waals surface area (Å²) in [6.45, 7) is 3.68. The predicted molar refractivity (Wildman–Crippen MR) is 71.8 cm³/mol. The fraction of sp³-hybridized carbons (Fsp3) is 0.167. The lowest BCUT2D eigenvalue weighted by Gasteiger charge is -2.13. The van der Waals surface area contributed by atoms with Gasteiger partial charge in [0.2, 0.25) is 0 Å². The van der Waals surface area contributed by atoms with Gasteiger partial charge in [0.1, 0.15) is 17.3 Å². The third-order valence-electron chi connectivity index (χ3n) is 2.71. The third-order valence-corrected chi connectivity index (χ3v) is 2.71. The van der Waals surface area contributed by atoms with Crippen LogP contribution >= 0.6 is 0 Å². The SMILES string of the molecule is C=CCn1c(=O)c(N)c(N)n(Cc2ccco2)c1=O. The normalized spacial score (nSPS) is 10.5. The van der Waals surface area contributed by atoms with Crippen molar-refractivity contribution in [2.45, 2.75) is 13.1 Å². The second-order valence-electron chi connectivity index (χ2n) is 3.95. The van der Waals surface area contributed by atoms with Crippen LogP contribution < -0.4 is 22.7 Å². The van der Waals surface area contributed by atoms with E-state index in [0.717, 1.165) is 4.57 Å². The summed E-state index contributed by atoms with van der Waals surface area (Å²) in [5, 5.41) is 0. The van der Waals surface area contributed by atoms with Crippen LogP contribution in [0.3, 0.4) is 0 Å². The molecule has 0 radical (unpaired) electrons. The molecule has 0 aliphatic rings. The van der Waals surface area contributed by atoms with Gasteiger partial charge in [0, 0.05) is 6.54 Å². The van der Waals surface area contributed by atoms with Gasteiger partial charge >= 0.3 is 5.69 Å². The van der Waals surface area contributed by atoms with Crippen molar-refractivity contribution in [3.05, 3.63) is 57.6 Å². The third kappa shape index (κ3) is 2.17. The minimum Gasteiger partial charge on any atom is -0.467 e. The molecule has 4 N–H and O–H groups in total. The molecule has 0 saturated carbocycles. The molecule has 2 aromatic heterocycles. The number of aromatic nitrogens is 2. The second-order valence-corrected chi connectivity index (χ2v) is 3.95. The Labute approximate surface area is 108 Å². The number of nitrogen functional groups attached to an aromatic ring is 2. The highest BCUT2D eigenvalue weighted by Crippen LogP contribution is 2.09. The average Bonchev–Trinajstić information content (AvgIpc) is 2.90. The Morgan fingerprint density at radius 3 is 2.63 bits per heavy atom. The van der Waals surface area contributed by atoms with E-state index in [1.807, 2.05) is 0 Å². The van der Waals surface area contributed by atoms with Gasteiger partial charge in [-0.25, -0.2) is 4.79 Å². The number of nitrogens with two attached hydrogens (primary N) is 2. The number of rotatable bonds is 4. The van der Waals surface area contributed by atoms with Gasteiger partial charge in [-0.15, -0.1) is 6.58 Å². The Kier molecular flexibility index (Phi) is 3.28. The van der Waals surface area contributed by atoms with Crippen molar-refractivity contribution in [3.63, 3.8) is 0 Å². The average molecular weight is 262 g/mol. The van der Waals surface area contributed by atoms with Gasteiger partial charge in [0.15, 0.2) is 0 Å². The van der Waals surface area contributed by atoms with E-state index < -0.39 is 11.2 Å². The summed E-state index contributed by atoms with van der Waals surface area (Å²) in [7, 11) is 0. The lowest BCUT2D eigenvalue weighted by Crippen LogP contribution is -2.42. The van der Waals surface area contributed by atoms with Crippen molar-refractivity contribution in [3.8, 4) is 0 Å². The molecular formula is C12H14N4O3. The quantitative estimate of drug-likeness (QED) is 0.754. The molecule has 0 aliphatic carbocycles. The van der Waals surface area contributed by atoms with Crippen LogP contribution in [0.2, 0.25) is 0 Å². The largest absolute Gasteiger partial charge is 0.467 e. The molecule has 7 heteroatoms. The number of furan rings is 1. The van der Waals surface area contributed by atoms with Gasteiger partial charge in [-0.3, -0.25) is 13.9 Å². The maximum absolute atomic E-state index is 12.2. The molecule has 2 aromatic rings. The summed E-state index contributed by atoms with van der Waals surface area (Å²) in [5.74, 6) is 0.476. The van der Waals surface area contributed by atoms with Gasteiger partial charge in [0.05, 0.1) is 12.8 Å². The summed E-state index contributed by atoms with van der Waals surface area (Å²) in [6, 6.07) is 3.39. The molecule has 19 heavy (non-hydrogen) atoms. The fourth-order valence-electron chi connectivity index (χ4n) is 1.74. The van der Waals surface area contributed by atoms with Gasteiger partial charge in [0.25, 0.3) is 5.56 Å². The smallest absolute Gasteiger partial charge is 0.333 e. The maximum Gasteiger partial charge on any atom is 0.333 e. The molecule has 7 nitrogen and oxygen atoms in total. The van der Waals surface area contributed by atoms with E-state index in [0.29, 0.717) is 5.76 Å². The Morgan fingerprint density at radius 1 is 1.32 bits per heavy atom. The molecule has 0 saturated heterocycles. The maximum atomic E-state index is 12.2. The van der Waals surface area contributed by atoms with Crippen LogP contribution in [0.4, 0.5) is 11.5 Å². The van der Waals surface area contributed by atoms with E-state index in [9.17, 15) is 9.59 Å². The first kappa shape index (κ1) is 12.7. The van der Waals surface area contributed by atoms with Gasteiger partial charge < -0.3 is 15.9 Å². The van der Waals surface area contributed by atoms with E-state index in [2.05, 4.69) is 6.58 Å². The van der Waals surface area contributed by atoms with E-state index >= 15 is 0 Å². The second kappa shape index (κ2) is 4.89.